The van der Waals surface area contributed by atoms with Crippen molar-refractivity contribution >= 4 is 11.6 Å². The van der Waals surface area contributed by atoms with Crippen molar-refractivity contribution in [2.45, 2.75) is 13.0 Å². The van der Waals surface area contributed by atoms with Crippen LogP contribution < -0.4 is 5.32 Å². The Balaban J connectivity index is 1.80. The summed E-state index contributed by atoms with van der Waals surface area (Å²) >= 11 is 5.84. The largest absolute Gasteiger partial charge is 0.508 e. The number of aromatic hydroxyl groups is 1. The molecule has 17 heavy (non-hydrogen) atoms. The van der Waals surface area contributed by atoms with E-state index in [-0.39, 0.29) is 5.75 Å². The number of phenols is 1. The molecule has 1 aromatic carbocycles. The van der Waals surface area contributed by atoms with Crippen LogP contribution in [0, 0.1) is 0 Å². The summed E-state index contributed by atoms with van der Waals surface area (Å²) in [7, 11) is 0. The van der Waals surface area contributed by atoms with Crippen LogP contribution in [-0.2, 0) is 13.0 Å². The van der Waals surface area contributed by atoms with Crippen LogP contribution in [0.5, 0.6) is 5.75 Å². The molecule has 0 atom stereocenters. The fraction of sp³-hybridized carbons (Fsp3) is 0.273. The summed E-state index contributed by atoms with van der Waals surface area (Å²) in [6.45, 7) is 1.23. The summed E-state index contributed by atoms with van der Waals surface area (Å²) in [5.41, 5.74) is 0.767. The van der Waals surface area contributed by atoms with Crippen molar-refractivity contribution in [2.75, 3.05) is 6.54 Å². The minimum atomic E-state index is 0.236. The van der Waals surface area contributed by atoms with Crippen molar-refractivity contribution in [1.29, 1.82) is 0 Å². The monoisotopic (exact) mass is 253 g/mol. The average molecular weight is 254 g/mol. The highest BCUT2D eigenvalue weighted by Gasteiger charge is 2.02. The van der Waals surface area contributed by atoms with Crippen LogP contribution in [0.3, 0.4) is 0 Å². The molecule has 0 unspecified atom stereocenters. The highest BCUT2D eigenvalue weighted by molar-refractivity contribution is 6.30. The van der Waals surface area contributed by atoms with Gasteiger partial charge in [-0.3, -0.25) is 0 Å². The predicted molar refractivity (Wildman–Crippen MR) is 62.8 cm³/mol. The fourth-order valence-electron chi connectivity index (χ4n) is 1.42. The molecule has 0 bridgehead atoms. The number of rotatable bonds is 5. The third-order valence-corrected chi connectivity index (χ3v) is 2.51. The Morgan fingerprint density at radius 2 is 2.29 bits per heavy atom. The molecule has 1 heterocycles. The number of hydrogen-bond acceptors (Lipinski definition) is 5. The molecule has 0 aliphatic rings. The van der Waals surface area contributed by atoms with E-state index < -0.39 is 0 Å². The first kappa shape index (κ1) is 11.9. The zero-order valence-electron chi connectivity index (χ0n) is 9.06. The van der Waals surface area contributed by atoms with Gasteiger partial charge in [-0.05, 0) is 18.2 Å². The number of hydrogen-bond donors (Lipinski definition) is 2. The third-order valence-electron chi connectivity index (χ3n) is 2.28. The van der Waals surface area contributed by atoms with Gasteiger partial charge in [0.1, 0.15) is 5.75 Å². The van der Waals surface area contributed by atoms with Gasteiger partial charge in [-0.1, -0.05) is 16.8 Å². The lowest BCUT2D eigenvalue weighted by Crippen LogP contribution is -2.16. The molecule has 0 aliphatic heterocycles. The number of nitrogens with zero attached hydrogens (tertiary/aromatic N) is 2. The molecule has 0 aliphatic carbocycles. The molecule has 2 rings (SSSR count). The highest BCUT2D eigenvalue weighted by Crippen LogP contribution is 2.20. The molecule has 0 fully saturated rings. The minimum absolute atomic E-state index is 0.236. The van der Waals surface area contributed by atoms with Gasteiger partial charge in [-0.25, -0.2) is 0 Å². The van der Waals surface area contributed by atoms with E-state index in [1.807, 2.05) is 0 Å². The first-order chi connectivity index (χ1) is 8.25. The Morgan fingerprint density at radius 1 is 1.41 bits per heavy atom. The zero-order valence-corrected chi connectivity index (χ0v) is 9.81. The van der Waals surface area contributed by atoms with E-state index in [1.165, 1.54) is 6.33 Å². The van der Waals surface area contributed by atoms with Crippen LogP contribution in [0.25, 0.3) is 0 Å². The van der Waals surface area contributed by atoms with Crippen LogP contribution in [0.2, 0.25) is 5.02 Å². The van der Waals surface area contributed by atoms with Gasteiger partial charge in [0.15, 0.2) is 6.33 Å². The molecular weight excluding hydrogens is 242 g/mol. The van der Waals surface area contributed by atoms with Crippen molar-refractivity contribution in [2.24, 2.45) is 0 Å². The van der Waals surface area contributed by atoms with E-state index in [0.29, 0.717) is 30.4 Å². The zero-order chi connectivity index (χ0) is 12.1. The lowest BCUT2D eigenvalue weighted by molar-refractivity contribution is 0.374. The van der Waals surface area contributed by atoms with Gasteiger partial charge in [0.05, 0.1) is 0 Å². The molecule has 2 N–H and O–H groups in total. The van der Waals surface area contributed by atoms with Gasteiger partial charge in [0.2, 0.25) is 5.89 Å². The Labute approximate surface area is 103 Å². The Bertz CT molecular complexity index is 474. The summed E-state index contributed by atoms with van der Waals surface area (Å²) in [5.74, 6) is 0.826. The summed E-state index contributed by atoms with van der Waals surface area (Å²) in [6, 6.07) is 4.97. The van der Waals surface area contributed by atoms with Crippen LogP contribution in [-0.4, -0.2) is 21.8 Å². The van der Waals surface area contributed by atoms with E-state index in [2.05, 4.69) is 15.5 Å². The molecule has 1 aromatic heterocycles. The van der Waals surface area contributed by atoms with Crippen LogP contribution >= 0.6 is 11.6 Å². The normalized spacial score (nSPS) is 10.6. The SMILES string of the molecule is Oc1ccc(Cl)cc1CNCCc1ncno1. The lowest BCUT2D eigenvalue weighted by Gasteiger charge is -2.06. The third kappa shape index (κ3) is 3.44. The van der Waals surface area contributed by atoms with Gasteiger partial charge in [-0.2, -0.15) is 4.98 Å². The molecule has 5 nitrogen and oxygen atoms in total. The molecule has 0 saturated heterocycles. The number of benzene rings is 1. The van der Waals surface area contributed by atoms with Gasteiger partial charge in [-0.15, -0.1) is 0 Å². The van der Waals surface area contributed by atoms with Crippen LogP contribution in [0.4, 0.5) is 0 Å². The van der Waals surface area contributed by atoms with Crippen LogP contribution in [0.15, 0.2) is 29.0 Å². The number of phenolic OH excluding ortho intramolecular Hbond substituents is 1. The highest BCUT2D eigenvalue weighted by atomic mass is 35.5. The predicted octanol–water partition coefficient (Wildman–Crippen LogP) is 1.76. The second-order valence-corrected chi connectivity index (χ2v) is 3.97. The minimum Gasteiger partial charge on any atom is -0.508 e. The van der Waals surface area contributed by atoms with Gasteiger partial charge in [0.25, 0.3) is 0 Å². The molecule has 0 spiro atoms. The molecule has 90 valence electrons. The van der Waals surface area contributed by atoms with Crippen molar-refractivity contribution in [3.63, 3.8) is 0 Å². The Kier molecular flexibility index (Phi) is 3.95. The molecular formula is C11H12ClN3O2. The number of aromatic nitrogens is 2. The summed E-state index contributed by atoms with van der Waals surface area (Å²) in [4.78, 5) is 3.90. The fourth-order valence-corrected chi connectivity index (χ4v) is 1.61. The van der Waals surface area contributed by atoms with E-state index in [1.54, 1.807) is 18.2 Å². The van der Waals surface area contributed by atoms with E-state index >= 15 is 0 Å². The summed E-state index contributed by atoms with van der Waals surface area (Å²) < 4.78 is 4.86. The van der Waals surface area contributed by atoms with Gasteiger partial charge < -0.3 is 14.9 Å². The van der Waals surface area contributed by atoms with Crippen molar-refractivity contribution < 1.29 is 9.63 Å². The standard InChI is InChI=1S/C11H12ClN3O2/c12-9-1-2-10(16)8(5-9)6-13-4-3-11-14-7-15-17-11/h1-2,5,7,13,16H,3-4,6H2. The van der Waals surface area contributed by atoms with E-state index in [9.17, 15) is 5.11 Å². The second kappa shape index (κ2) is 5.65. The smallest absolute Gasteiger partial charge is 0.227 e. The van der Waals surface area contributed by atoms with Crippen LogP contribution in [0.1, 0.15) is 11.5 Å². The quantitative estimate of drug-likeness (QED) is 0.795. The molecule has 0 amide bonds. The maximum absolute atomic E-state index is 9.58. The first-order valence-electron chi connectivity index (χ1n) is 5.19. The molecule has 6 heteroatoms. The van der Waals surface area contributed by atoms with Crippen molar-refractivity contribution in [3.05, 3.63) is 41.0 Å². The van der Waals surface area contributed by atoms with E-state index in [0.717, 1.165) is 5.56 Å². The number of nitrogens with one attached hydrogen (secondary N) is 1. The second-order valence-electron chi connectivity index (χ2n) is 3.53. The molecule has 0 radical (unpaired) electrons. The first-order valence-corrected chi connectivity index (χ1v) is 5.57. The van der Waals surface area contributed by atoms with Crippen molar-refractivity contribution in [1.82, 2.24) is 15.5 Å². The lowest BCUT2D eigenvalue weighted by atomic mass is 10.2. The maximum Gasteiger partial charge on any atom is 0.227 e. The topological polar surface area (TPSA) is 71.2 Å². The molecule has 2 aromatic rings. The van der Waals surface area contributed by atoms with Gasteiger partial charge >= 0.3 is 0 Å². The summed E-state index contributed by atoms with van der Waals surface area (Å²) in [6.07, 6.45) is 2.03. The van der Waals surface area contributed by atoms with E-state index in [4.69, 9.17) is 16.1 Å². The Hall–Kier alpha value is -1.59. The van der Waals surface area contributed by atoms with Crippen molar-refractivity contribution in [3.8, 4) is 5.75 Å². The maximum atomic E-state index is 9.58. The van der Waals surface area contributed by atoms with Gasteiger partial charge in [0, 0.05) is 30.1 Å². The summed E-state index contributed by atoms with van der Waals surface area (Å²) in [5, 5.41) is 16.9. The average Bonchev–Trinajstić information content (AvgIpc) is 2.82. The molecule has 0 saturated carbocycles. The number of halogens is 1. The Morgan fingerprint density at radius 3 is 3.06 bits per heavy atom.